The first-order valence-corrected chi connectivity index (χ1v) is 4.96. The van der Waals surface area contributed by atoms with Gasteiger partial charge in [-0.1, -0.05) is 17.7 Å². The summed E-state index contributed by atoms with van der Waals surface area (Å²) in [7, 11) is 0. The Morgan fingerprint density at radius 3 is 2.69 bits per heavy atom. The van der Waals surface area contributed by atoms with Gasteiger partial charge in [-0.05, 0) is 19.1 Å². The van der Waals surface area contributed by atoms with Crippen LogP contribution in [0.5, 0.6) is 0 Å². The van der Waals surface area contributed by atoms with E-state index >= 15 is 0 Å². The van der Waals surface area contributed by atoms with Crippen LogP contribution < -0.4 is 0 Å². The maximum atomic E-state index is 13.6. The van der Waals surface area contributed by atoms with E-state index in [1.807, 2.05) is 0 Å². The fourth-order valence-electron chi connectivity index (χ4n) is 1.59. The SMILES string of the molecule is CC1=C(O)C(=[OH+])OC1c1c(F)cccc1Cl. The van der Waals surface area contributed by atoms with Gasteiger partial charge in [0.15, 0.2) is 0 Å². The van der Waals surface area contributed by atoms with Gasteiger partial charge in [0, 0.05) is 0 Å². The molecule has 0 saturated carbocycles. The number of ether oxygens (including phenoxy) is 1. The summed E-state index contributed by atoms with van der Waals surface area (Å²) in [6, 6.07) is 4.23. The van der Waals surface area contributed by atoms with Crippen molar-refractivity contribution in [2.75, 3.05) is 0 Å². The molecule has 0 radical (unpaired) electrons. The van der Waals surface area contributed by atoms with Crippen molar-refractivity contribution in [3.63, 3.8) is 0 Å². The van der Waals surface area contributed by atoms with Crippen molar-refractivity contribution < 1.29 is 19.0 Å². The van der Waals surface area contributed by atoms with Crippen molar-refractivity contribution in [2.24, 2.45) is 0 Å². The number of rotatable bonds is 1. The molecule has 1 aromatic carbocycles. The first-order chi connectivity index (χ1) is 7.52. The van der Waals surface area contributed by atoms with Crippen LogP contribution in [0.2, 0.25) is 5.02 Å². The lowest BCUT2D eigenvalue weighted by molar-refractivity contribution is 0.216. The smallest absolute Gasteiger partial charge is 0.498 e. The molecule has 84 valence electrons. The zero-order chi connectivity index (χ0) is 11.9. The van der Waals surface area contributed by atoms with Crippen LogP contribution in [0.4, 0.5) is 4.39 Å². The van der Waals surface area contributed by atoms with E-state index in [1.54, 1.807) is 0 Å². The molecule has 0 fully saturated rings. The minimum absolute atomic E-state index is 0.109. The fourth-order valence-corrected chi connectivity index (χ4v) is 1.85. The summed E-state index contributed by atoms with van der Waals surface area (Å²) in [6.45, 7) is 1.53. The average molecular weight is 244 g/mol. The Balaban J connectivity index is 2.52. The van der Waals surface area contributed by atoms with E-state index in [2.05, 4.69) is 0 Å². The molecule has 1 aliphatic rings. The second kappa shape index (κ2) is 3.79. The molecule has 16 heavy (non-hydrogen) atoms. The Labute approximate surface area is 96.1 Å². The summed E-state index contributed by atoms with van der Waals surface area (Å²) in [5, 5.41) is 9.57. The van der Waals surface area contributed by atoms with Gasteiger partial charge >= 0.3 is 5.97 Å². The van der Waals surface area contributed by atoms with Gasteiger partial charge in [-0.25, -0.2) is 4.39 Å². The Morgan fingerprint density at radius 1 is 1.50 bits per heavy atom. The number of aliphatic hydroxyl groups excluding tert-OH is 1. The molecule has 2 rings (SSSR count). The summed E-state index contributed by atoms with van der Waals surface area (Å²) in [5.74, 6) is -1.52. The van der Waals surface area contributed by atoms with Crippen molar-refractivity contribution in [3.05, 3.63) is 45.9 Å². The summed E-state index contributed by atoms with van der Waals surface area (Å²) in [5.41, 5.74) is 0.432. The summed E-state index contributed by atoms with van der Waals surface area (Å²) >= 11 is 5.86. The highest BCUT2D eigenvalue weighted by Crippen LogP contribution is 2.38. The number of carbonyl (C=O) groups excluding carboxylic acids is 1. The number of cyclic esters (lactones) is 1. The van der Waals surface area contributed by atoms with Crippen LogP contribution in [0.25, 0.3) is 0 Å². The highest BCUT2D eigenvalue weighted by molar-refractivity contribution is 6.31. The third kappa shape index (κ3) is 1.55. The minimum atomic E-state index is -0.881. The normalized spacial score (nSPS) is 20.2. The van der Waals surface area contributed by atoms with Crippen LogP contribution >= 0.6 is 11.6 Å². The van der Waals surface area contributed by atoms with Gasteiger partial charge in [-0.2, -0.15) is 0 Å². The van der Waals surface area contributed by atoms with Crippen LogP contribution in [0.1, 0.15) is 18.6 Å². The fraction of sp³-hybridized carbons (Fsp3) is 0.182. The maximum Gasteiger partial charge on any atom is 0.555 e. The van der Waals surface area contributed by atoms with E-state index < -0.39 is 17.9 Å². The van der Waals surface area contributed by atoms with Crippen molar-refractivity contribution in [2.45, 2.75) is 13.0 Å². The molecule has 0 bridgehead atoms. The summed E-state index contributed by atoms with van der Waals surface area (Å²) < 4.78 is 18.5. The van der Waals surface area contributed by atoms with Gasteiger partial charge in [0.2, 0.25) is 6.10 Å². The highest BCUT2D eigenvalue weighted by atomic mass is 35.5. The van der Waals surface area contributed by atoms with Crippen LogP contribution in [0.3, 0.4) is 0 Å². The van der Waals surface area contributed by atoms with E-state index in [1.165, 1.54) is 25.1 Å². The monoisotopic (exact) mass is 243 g/mol. The third-order valence-corrected chi connectivity index (χ3v) is 2.79. The zero-order valence-electron chi connectivity index (χ0n) is 8.37. The molecule has 0 amide bonds. The Bertz CT molecular complexity index is 476. The predicted molar refractivity (Wildman–Crippen MR) is 57.5 cm³/mol. The van der Waals surface area contributed by atoms with Crippen molar-refractivity contribution in [1.29, 1.82) is 0 Å². The maximum absolute atomic E-state index is 13.6. The number of hydrogen-bond acceptors (Lipinski definition) is 2. The van der Waals surface area contributed by atoms with Crippen LogP contribution in [0, 0.1) is 5.82 Å². The van der Waals surface area contributed by atoms with Gasteiger partial charge in [0.1, 0.15) is 5.82 Å². The van der Waals surface area contributed by atoms with Gasteiger partial charge in [-0.15, -0.1) is 0 Å². The average Bonchev–Trinajstić information content (AvgIpc) is 2.47. The largest absolute Gasteiger partial charge is 0.555 e. The molecule has 1 unspecified atom stereocenters. The molecule has 0 aromatic heterocycles. The molecule has 2 N–H and O–H groups in total. The lowest BCUT2D eigenvalue weighted by Crippen LogP contribution is -2.06. The molecule has 0 saturated heterocycles. The van der Waals surface area contributed by atoms with E-state index in [-0.39, 0.29) is 16.3 Å². The summed E-state index contributed by atoms with van der Waals surface area (Å²) in [6.07, 6.45) is -0.881. The van der Waals surface area contributed by atoms with Crippen molar-refractivity contribution >= 4 is 17.6 Å². The van der Waals surface area contributed by atoms with Gasteiger partial charge in [-0.3, -0.25) is 0 Å². The second-order valence-electron chi connectivity index (χ2n) is 3.47. The third-order valence-electron chi connectivity index (χ3n) is 2.46. The molecular formula is C11H9ClFO3+. The minimum Gasteiger partial charge on any atom is -0.498 e. The lowest BCUT2D eigenvalue weighted by Gasteiger charge is -2.08. The topological polar surface area (TPSA) is 50.9 Å². The molecule has 1 atom stereocenters. The van der Waals surface area contributed by atoms with E-state index in [4.69, 9.17) is 16.3 Å². The standard InChI is InChI=1S/C11H8ClFO3/c1-5-9(14)11(15)16-10(5)8-6(12)3-2-4-7(8)13/h2-4,10,14H,1H3/p+1. The Kier molecular flexibility index (Phi) is 2.59. The number of esters is 1. The molecule has 1 aromatic rings. The van der Waals surface area contributed by atoms with Crippen molar-refractivity contribution in [1.82, 2.24) is 0 Å². The lowest BCUT2D eigenvalue weighted by atomic mass is 10.0. The number of aliphatic hydroxyl groups is 1. The van der Waals surface area contributed by atoms with E-state index in [9.17, 15) is 14.3 Å². The van der Waals surface area contributed by atoms with Crippen LogP contribution in [0.15, 0.2) is 29.5 Å². The highest BCUT2D eigenvalue weighted by Gasteiger charge is 2.43. The predicted octanol–water partition coefficient (Wildman–Crippen LogP) is 2.88. The first kappa shape index (κ1) is 11.0. The molecule has 0 spiro atoms. The molecule has 3 nitrogen and oxygen atoms in total. The van der Waals surface area contributed by atoms with Gasteiger partial charge in [0.25, 0.3) is 5.76 Å². The molecule has 1 heterocycles. The van der Waals surface area contributed by atoms with Gasteiger partial charge < -0.3 is 14.6 Å². The Hall–Kier alpha value is -1.55. The second-order valence-corrected chi connectivity index (χ2v) is 3.88. The number of benzene rings is 1. The molecule has 5 heteroatoms. The molecular weight excluding hydrogens is 235 g/mol. The number of hydrogen-bond donors (Lipinski definition) is 1. The molecule has 0 aliphatic carbocycles. The van der Waals surface area contributed by atoms with Crippen molar-refractivity contribution in [3.8, 4) is 0 Å². The molecule has 1 aliphatic heterocycles. The first-order valence-electron chi connectivity index (χ1n) is 4.59. The summed E-state index contributed by atoms with van der Waals surface area (Å²) in [4.78, 5) is 9.20. The Morgan fingerprint density at radius 2 is 2.19 bits per heavy atom. The zero-order valence-corrected chi connectivity index (χ0v) is 9.12. The van der Waals surface area contributed by atoms with E-state index in [0.29, 0.717) is 5.57 Å². The van der Waals surface area contributed by atoms with Crippen LogP contribution in [-0.2, 0) is 4.74 Å². The number of halogens is 2. The van der Waals surface area contributed by atoms with E-state index in [0.717, 1.165) is 0 Å². The van der Waals surface area contributed by atoms with Crippen LogP contribution in [-0.4, -0.2) is 15.9 Å². The van der Waals surface area contributed by atoms with Gasteiger partial charge in [0.05, 0.1) is 16.2 Å². The quantitative estimate of drug-likeness (QED) is 0.609.